The molecule has 0 aliphatic carbocycles. The molecule has 7 heteroatoms. The number of carbonyl (C=O) groups is 1. The second-order valence-corrected chi connectivity index (χ2v) is 6.17. The summed E-state index contributed by atoms with van der Waals surface area (Å²) in [7, 11) is 0. The number of benzene rings is 2. The molecule has 0 saturated heterocycles. The van der Waals surface area contributed by atoms with Crippen molar-refractivity contribution in [3.8, 4) is 17.3 Å². The van der Waals surface area contributed by atoms with Gasteiger partial charge in [0.05, 0.1) is 17.9 Å². The maximum Gasteiger partial charge on any atom is 0.345 e. The summed E-state index contributed by atoms with van der Waals surface area (Å²) < 4.78 is 6.76. The number of anilines is 2. The predicted octanol–water partition coefficient (Wildman–Crippen LogP) is 4.19. The van der Waals surface area contributed by atoms with Crippen molar-refractivity contribution < 1.29 is 9.53 Å². The number of hydrogen-bond donors (Lipinski definition) is 1. The van der Waals surface area contributed by atoms with Crippen LogP contribution in [0.4, 0.5) is 11.5 Å². The normalized spacial score (nSPS) is 10.5. The Morgan fingerprint density at radius 3 is 2.48 bits per heavy atom. The number of nitriles is 1. The Hall–Kier alpha value is -4.18. The Balaban J connectivity index is 1.98. The van der Waals surface area contributed by atoms with E-state index in [4.69, 9.17) is 4.74 Å². The first-order chi connectivity index (χ1) is 14.2. The largest absolute Gasteiger partial charge is 0.462 e. The Kier molecular flexibility index (Phi) is 4.91. The molecule has 2 heterocycles. The average molecular weight is 383 g/mol. The van der Waals surface area contributed by atoms with Crippen molar-refractivity contribution in [1.29, 1.82) is 5.26 Å². The molecule has 0 aliphatic heterocycles. The van der Waals surface area contributed by atoms with Gasteiger partial charge in [0.15, 0.2) is 11.5 Å². The third-order valence-corrected chi connectivity index (χ3v) is 4.33. The first-order valence-electron chi connectivity index (χ1n) is 9.09. The molecule has 0 amide bonds. The van der Waals surface area contributed by atoms with Gasteiger partial charge in [-0.05, 0) is 19.1 Å². The number of para-hydroxylation sites is 1. The van der Waals surface area contributed by atoms with Crippen molar-refractivity contribution in [2.75, 3.05) is 11.9 Å². The monoisotopic (exact) mass is 383 g/mol. The van der Waals surface area contributed by atoms with Gasteiger partial charge < -0.3 is 10.1 Å². The molecule has 2 aromatic carbocycles. The van der Waals surface area contributed by atoms with E-state index in [1.165, 1.54) is 10.7 Å². The van der Waals surface area contributed by atoms with Gasteiger partial charge in [-0.2, -0.15) is 5.26 Å². The third kappa shape index (κ3) is 3.39. The smallest absolute Gasteiger partial charge is 0.345 e. The molecular formula is C22H17N5O2. The molecule has 0 atom stereocenters. The van der Waals surface area contributed by atoms with E-state index in [1.54, 1.807) is 6.92 Å². The number of nitrogens with one attached hydrogen (secondary N) is 1. The Morgan fingerprint density at radius 2 is 1.83 bits per heavy atom. The van der Waals surface area contributed by atoms with Crippen LogP contribution in [0.3, 0.4) is 0 Å². The molecule has 142 valence electrons. The summed E-state index contributed by atoms with van der Waals surface area (Å²) in [6, 6.07) is 21.0. The number of aromatic nitrogens is 3. The van der Waals surface area contributed by atoms with Crippen molar-refractivity contribution in [2.24, 2.45) is 0 Å². The van der Waals surface area contributed by atoms with Crippen LogP contribution in [-0.4, -0.2) is 27.2 Å². The molecule has 4 rings (SSSR count). The first kappa shape index (κ1) is 18.2. The highest BCUT2D eigenvalue weighted by atomic mass is 16.5. The van der Waals surface area contributed by atoms with Crippen LogP contribution in [0.1, 0.15) is 22.8 Å². The molecular weight excluding hydrogens is 366 g/mol. The van der Waals surface area contributed by atoms with Crippen molar-refractivity contribution >= 4 is 23.1 Å². The van der Waals surface area contributed by atoms with E-state index < -0.39 is 5.97 Å². The standard InChI is InChI=1S/C22H17N5O2/c1-2-29-22(28)18-20(25-17-11-7-4-8-12-17)26-27-19(15-9-5-3-6-10-15)16(13-23)14-24-21(18)27/h3-12,14H,2H2,1H3,(H,25,26). The quantitative estimate of drug-likeness (QED) is 0.520. The fourth-order valence-corrected chi connectivity index (χ4v) is 3.08. The van der Waals surface area contributed by atoms with Gasteiger partial charge in [0.2, 0.25) is 0 Å². The number of nitrogens with zero attached hydrogens (tertiary/aromatic N) is 4. The molecule has 2 aromatic heterocycles. The molecule has 0 spiro atoms. The lowest BCUT2D eigenvalue weighted by Crippen LogP contribution is -2.08. The lowest BCUT2D eigenvalue weighted by atomic mass is 10.1. The first-order valence-corrected chi connectivity index (χ1v) is 9.09. The summed E-state index contributed by atoms with van der Waals surface area (Å²) in [6.45, 7) is 1.97. The van der Waals surface area contributed by atoms with E-state index in [1.807, 2.05) is 60.7 Å². The SMILES string of the molecule is CCOC(=O)c1c(Nc2ccccc2)nn2c(-c3ccccc3)c(C#N)cnc12. The van der Waals surface area contributed by atoms with Crippen molar-refractivity contribution in [3.05, 3.63) is 78.0 Å². The van der Waals surface area contributed by atoms with Gasteiger partial charge in [0, 0.05) is 17.4 Å². The molecule has 0 radical (unpaired) electrons. The second-order valence-electron chi connectivity index (χ2n) is 6.17. The topological polar surface area (TPSA) is 92.3 Å². The van der Waals surface area contributed by atoms with Gasteiger partial charge >= 0.3 is 5.97 Å². The van der Waals surface area contributed by atoms with Gasteiger partial charge in [-0.1, -0.05) is 48.5 Å². The molecule has 29 heavy (non-hydrogen) atoms. The zero-order chi connectivity index (χ0) is 20.2. The lowest BCUT2D eigenvalue weighted by molar-refractivity contribution is 0.0529. The van der Waals surface area contributed by atoms with Gasteiger partial charge in [-0.15, -0.1) is 5.10 Å². The molecule has 0 bridgehead atoms. The van der Waals surface area contributed by atoms with E-state index in [0.29, 0.717) is 22.7 Å². The van der Waals surface area contributed by atoms with Crippen LogP contribution in [-0.2, 0) is 4.74 Å². The van der Waals surface area contributed by atoms with E-state index in [0.717, 1.165) is 11.3 Å². The van der Waals surface area contributed by atoms with Crippen molar-refractivity contribution in [2.45, 2.75) is 6.92 Å². The molecule has 0 fully saturated rings. The van der Waals surface area contributed by atoms with Crippen LogP contribution in [0, 0.1) is 11.3 Å². The molecule has 4 aromatic rings. The van der Waals surface area contributed by atoms with Gasteiger partial charge in [0.1, 0.15) is 11.6 Å². The van der Waals surface area contributed by atoms with Crippen LogP contribution in [0.15, 0.2) is 66.9 Å². The fourth-order valence-electron chi connectivity index (χ4n) is 3.08. The summed E-state index contributed by atoms with van der Waals surface area (Å²) in [5, 5.41) is 17.4. The van der Waals surface area contributed by atoms with Crippen LogP contribution in [0.25, 0.3) is 16.9 Å². The maximum atomic E-state index is 12.7. The van der Waals surface area contributed by atoms with Gasteiger partial charge in [0.25, 0.3) is 0 Å². The summed E-state index contributed by atoms with van der Waals surface area (Å²) in [5.41, 5.74) is 3.01. The number of esters is 1. The second kappa shape index (κ2) is 7.82. The fraction of sp³-hybridized carbons (Fsp3) is 0.0909. The highest BCUT2D eigenvalue weighted by Gasteiger charge is 2.25. The Labute approximate surface area is 167 Å². The maximum absolute atomic E-state index is 12.7. The number of hydrogen-bond acceptors (Lipinski definition) is 6. The summed E-state index contributed by atoms with van der Waals surface area (Å²) >= 11 is 0. The number of fused-ring (bicyclic) bond motifs is 1. The molecule has 0 saturated carbocycles. The van der Waals surface area contributed by atoms with E-state index in [2.05, 4.69) is 21.5 Å². The molecule has 1 N–H and O–H groups in total. The minimum absolute atomic E-state index is 0.220. The van der Waals surface area contributed by atoms with Crippen LogP contribution < -0.4 is 5.32 Å². The molecule has 0 unspecified atom stereocenters. The van der Waals surface area contributed by atoms with E-state index >= 15 is 0 Å². The minimum atomic E-state index is -0.530. The lowest BCUT2D eigenvalue weighted by Gasteiger charge is -2.07. The summed E-state index contributed by atoms with van der Waals surface area (Å²) in [5.74, 6) is -0.216. The number of carbonyl (C=O) groups excluding carboxylic acids is 1. The highest BCUT2D eigenvalue weighted by molar-refractivity contribution is 6.02. The van der Waals surface area contributed by atoms with Gasteiger partial charge in [-0.3, -0.25) is 0 Å². The zero-order valence-corrected chi connectivity index (χ0v) is 15.7. The van der Waals surface area contributed by atoms with Crippen LogP contribution in [0.2, 0.25) is 0 Å². The predicted molar refractivity (Wildman–Crippen MR) is 109 cm³/mol. The zero-order valence-electron chi connectivity index (χ0n) is 15.7. The van der Waals surface area contributed by atoms with E-state index in [9.17, 15) is 10.1 Å². The molecule has 7 nitrogen and oxygen atoms in total. The summed E-state index contributed by atoms with van der Waals surface area (Å²) in [4.78, 5) is 17.1. The Bertz CT molecular complexity index is 1210. The number of ether oxygens (including phenoxy) is 1. The number of rotatable bonds is 5. The van der Waals surface area contributed by atoms with Crippen molar-refractivity contribution in [3.63, 3.8) is 0 Å². The van der Waals surface area contributed by atoms with Crippen molar-refractivity contribution in [1.82, 2.24) is 14.6 Å². The van der Waals surface area contributed by atoms with Crippen LogP contribution >= 0.6 is 0 Å². The third-order valence-electron chi connectivity index (χ3n) is 4.33. The summed E-state index contributed by atoms with van der Waals surface area (Å²) in [6.07, 6.45) is 1.45. The van der Waals surface area contributed by atoms with Gasteiger partial charge in [-0.25, -0.2) is 14.3 Å². The highest BCUT2D eigenvalue weighted by Crippen LogP contribution is 2.29. The Morgan fingerprint density at radius 1 is 1.14 bits per heavy atom. The minimum Gasteiger partial charge on any atom is -0.462 e. The van der Waals surface area contributed by atoms with Crippen LogP contribution in [0.5, 0.6) is 0 Å². The average Bonchev–Trinajstić information content (AvgIpc) is 3.12. The molecule has 0 aliphatic rings. The van der Waals surface area contributed by atoms with E-state index in [-0.39, 0.29) is 12.2 Å².